The number of aliphatic carboxylic acids is 1. The van der Waals surface area contributed by atoms with Crippen molar-refractivity contribution in [3.8, 4) is 0 Å². The van der Waals surface area contributed by atoms with E-state index in [-0.39, 0.29) is 6.03 Å². The lowest BCUT2D eigenvalue weighted by Crippen LogP contribution is -2.52. The Morgan fingerprint density at radius 1 is 1.26 bits per heavy atom. The van der Waals surface area contributed by atoms with Gasteiger partial charge in [-0.25, -0.2) is 4.79 Å². The number of rotatable bonds is 6. The van der Waals surface area contributed by atoms with E-state index < -0.39 is 11.9 Å². The second kappa shape index (κ2) is 7.99. The third kappa shape index (κ3) is 5.46. The van der Waals surface area contributed by atoms with E-state index in [2.05, 4.69) is 17.1 Å². The maximum absolute atomic E-state index is 11.9. The number of urea groups is 1. The quantitative estimate of drug-likeness (QED) is 0.750. The van der Waals surface area contributed by atoms with Crippen LogP contribution in [0.2, 0.25) is 0 Å². The summed E-state index contributed by atoms with van der Waals surface area (Å²) < 4.78 is 0. The molecule has 1 aliphatic rings. The smallest absolute Gasteiger partial charge is 0.317 e. The highest BCUT2D eigenvalue weighted by Gasteiger charge is 2.20. The molecule has 0 aromatic rings. The van der Waals surface area contributed by atoms with Gasteiger partial charge in [0.15, 0.2) is 0 Å². The molecular formula is C13H25N3O3. The van der Waals surface area contributed by atoms with Gasteiger partial charge in [-0.2, -0.15) is 0 Å². The molecule has 0 radical (unpaired) electrons. The van der Waals surface area contributed by atoms with Crippen molar-refractivity contribution in [1.29, 1.82) is 0 Å². The van der Waals surface area contributed by atoms with Gasteiger partial charge in [0.25, 0.3) is 0 Å². The van der Waals surface area contributed by atoms with Crippen molar-refractivity contribution in [2.24, 2.45) is 5.92 Å². The summed E-state index contributed by atoms with van der Waals surface area (Å²) in [7, 11) is 0. The van der Waals surface area contributed by atoms with Crippen LogP contribution in [0.1, 0.15) is 26.7 Å². The number of carbonyl (C=O) groups is 2. The van der Waals surface area contributed by atoms with Crippen LogP contribution in [0.4, 0.5) is 4.79 Å². The summed E-state index contributed by atoms with van der Waals surface area (Å²) in [4.78, 5) is 26.7. The van der Waals surface area contributed by atoms with Crippen LogP contribution < -0.4 is 5.32 Å². The minimum atomic E-state index is -0.817. The molecule has 6 nitrogen and oxygen atoms in total. The summed E-state index contributed by atoms with van der Waals surface area (Å²) >= 11 is 0. The average molecular weight is 271 g/mol. The minimum absolute atomic E-state index is 0.0752. The number of carboxylic acids is 1. The van der Waals surface area contributed by atoms with Crippen LogP contribution in [0.5, 0.6) is 0 Å². The van der Waals surface area contributed by atoms with Crippen LogP contribution in [0.25, 0.3) is 0 Å². The molecule has 6 heteroatoms. The third-order valence-electron chi connectivity index (χ3n) is 3.47. The predicted octanol–water partition coefficient (Wildman–Crippen LogP) is 0.834. The molecule has 1 rings (SSSR count). The van der Waals surface area contributed by atoms with Gasteiger partial charge in [-0.1, -0.05) is 13.8 Å². The molecule has 2 N–H and O–H groups in total. The van der Waals surface area contributed by atoms with Gasteiger partial charge < -0.3 is 15.3 Å². The van der Waals surface area contributed by atoms with Crippen molar-refractivity contribution in [1.82, 2.24) is 15.1 Å². The van der Waals surface area contributed by atoms with Gasteiger partial charge in [0.1, 0.15) is 0 Å². The van der Waals surface area contributed by atoms with E-state index in [9.17, 15) is 9.59 Å². The first kappa shape index (κ1) is 15.8. The Balaban J connectivity index is 2.19. The molecule has 1 unspecified atom stereocenters. The zero-order valence-electron chi connectivity index (χ0n) is 11.9. The highest BCUT2D eigenvalue weighted by molar-refractivity contribution is 5.74. The molecule has 0 aromatic heterocycles. The molecule has 0 aromatic carbocycles. The summed E-state index contributed by atoms with van der Waals surface area (Å²) in [5, 5.41) is 11.5. The fourth-order valence-corrected chi connectivity index (χ4v) is 2.12. The minimum Gasteiger partial charge on any atom is -0.481 e. The number of carboxylic acid groups (broad SMARTS) is 1. The Bertz CT molecular complexity index is 302. The first-order chi connectivity index (χ1) is 9.04. The monoisotopic (exact) mass is 271 g/mol. The lowest BCUT2D eigenvalue weighted by Gasteiger charge is -2.34. The Kier molecular flexibility index (Phi) is 6.62. The molecule has 19 heavy (non-hydrogen) atoms. The van der Waals surface area contributed by atoms with Crippen LogP contribution in [0.15, 0.2) is 0 Å². The topological polar surface area (TPSA) is 72.9 Å². The van der Waals surface area contributed by atoms with Crippen molar-refractivity contribution in [2.75, 3.05) is 39.3 Å². The molecule has 1 saturated heterocycles. The zero-order chi connectivity index (χ0) is 14.3. The molecule has 0 bridgehead atoms. The molecule has 1 atom stereocenters. The van der Waals surface area contributed by atoms with Crippen molar-refractivity contribution in [3.63, 3.8) is 0 Å². The zero-order valence-corrected chi connectivity index (χ0v) is 11.9. The second-order valence-corrected chi connectivity index (χ2v) is 5.09. The largest absolute Gasteiger partial charge is 0.481 e. The number of amides is 2. The van der Waals surface area contributed by atoms with Crippen molar-refractivity contribution < 1.29 is 14.7 Å². The van der Waals surface area contributed by atoms with Gasteiger partial charge in [-0.15, -0.1) is 0 Å². The van der Waals surface area contributed by atoms with Crippen LogP contribution in [0.3, 0.4) is 0 Å². The molecular weight excluding hydrogens is 246 g/mol. The number of hydrogen-bond donors (Lipinski definition) is 2. The molecule has 0 aliphatic carbocycles. The summed E-state index contributed by atoms with van der Waals surface area (Å²) in [6.45, 7) is 8.66. The summed E-state index contributed by atoms with van der Waals surface area (Å²) in [5.74, 6) is -1.23. The fraction of sp³-hybridized carbons (Fsp3) is 0.846. The van der Waals surface area contributed by atoms with Crippen LogP contribution in [-0.2, 0) is 4.79 Å². The van der Waals surface area contributed by atoms with Crippen molar-refractivity contribution >= 4 is 12.0 Å². The molecule has 2 amide bonds. The van der Waals surface area contributed by atoms with E-state index in [0.717, 1.165) is 39.1 Å². The number of nitrogens with zero attached hydrogens (tertiary/aromatic N) is 2. The normalized spacial score (nSPS) is 18.1. The highest BCUT2D eigenvalue weighted by Crippen LogP contribution is 2.04. The van der Waals surface area contributed by atoms with E-state index in [1.165, 1.54) is 0 Å². The highest BCUT2D eigenvalue weighted by atomic mass is 16.4. The molecule has 1 heterocycles. The Labute approximate surface area is 114 Å². The predicted molar refractivity (Wildman–Crippen MR) is 73.1 cm³/mol. The second-order valence-electron chi connectivity index (χ2n) is 5.09. The average Bonchev–Trinajstić information content (AvgIpc) is 2.39. The van der Waals surface area contributed by atoms with E-state index in [1.54, 1.807) is 11.8 Å². The summed E-state index contributed by atoms with van der Waals surface area (Å²) in [6, 6.07) is -0.0752. The number of piperazine rings is 1. The third-order valence-corrected chi connectivity index (χ3v) is 3.47. The van der Waals surface area contributed by atoms with Gasteiger partial charge in [-0.3, -0.25) is 9.69 Å². The molecule has 0 saturated carbocycles. The van der Waals surface area contributed by atoms with E-state index >= 15 is 0 Å². The first-order valence-corrected chi connectivity index (χ1v) is 7.02. The van der Waals surface area contributed by atoms with E-state index in [0.29, 0.717) is 13.0 Å². The number of nitrogens with one attached hydrogen (secondary N) is 1. The lowest BCUT2D eigenvalue weighted by molar-refractivity contribution is -0.141. The SMILES string of the molecule is CCCN1CCN(C(=O)NCCC(C)C(=O)O)CC1. The maximum atomic E-state index is 11.9. The van der Waals surface area contributed by atoms with Gasteiger partial charge in [0.2, 0.25) is 0 Å². The van der Waals surface area contributed by atoms with Gasteiger partial charge in [-0.05, 0) is 19.4 Å². The summed E-state index contributed by atoms with van der Waals surface area (Å²) in [6.07, 6.45) is 1.61. The maximum Gasteiger partial charge on any atom is 0.317 e. The first-order valence-electron chi connectivity index (χ1n) is 7.02. The Morgan fingerprint density at radius 2 is 1.89 bits per heavy atom. The molecule has 1 fully saturated rings. The van der Waals surface area contributed by atoms with Gasteiger partial charge >= 0.3 is 12.0 Å². The Hall–Kier alpha value is -1.30. The Morgan fingerprint density at radius 3 is 2.42 bits per heavy atom. The summed E-state index contributed by atoms with van der Waals surface area (Å²) in [5.41, 5.74) is 0. The van der Waals surface area contributed by atoms with Gasteiger partial charge in [0.05, 0.1) is 5.92 Å². The van der Waals surface area contributed by atoms with Crippen LogP contribution in [-0.4, -0.2) is 66.2 Å². The lowest BCUT2D eigenvalue weighted by atomic mass is 10.1. The number of carbonyl (C=O) groups excluding carboxylic acids is 1. The van der Waals surface area contributed by atoms with Gasteiger partial charge in [0, 0.05) is 32.7 Å². The van der Waals surface area contributed by atoms with E-state index in [1.807, 2.05) is 0 Å². The van der Waals surface area contributed by atoms with Crippen molar-refractivity contribution in [2.45, 2.75) is 26.7 Å². The molecule has 0 spiro atoms. The van der Waals surface area contributed by atoms with Crippen LogP contribution >= 0.6 is 0 Å². The standard InChI is InChI=1S/C13H25N3O3/c1-3-6-15-7-9-16(10-8-15)13(19)14-5-4-11(2)12(17)18/h11H,3-10H2,1-2H3,(H,14,19)(H,17,18). The molecule has 1 aliphatic heterocycles. The number of hydrogen-bond acceptors (Lipinski definition) is 3. The van der Waals surface area contributed by atoms with Crippen molar-refractivity contribution in [3.05, 3.63) is 0 Å². The molecule has 110 valence electrons. The fourth-order valence-electron chi connectivity index (χ4n) is 2.12. The van der Waals surface area contributed by atoms with E-state index in [4.69, 9.17) is 5.11 Å². The van der Waals surface area contributed by atoms with Crippen LogP contribution in [0, 0.1) is 5.92 Å².